The molecule has 11 heteroatoms. The number of amides is 4. The number of fused-ring (bicyclic) bond motifs is 1. The number of benzene rings is 2. The van der Waals surface area contributed by atoms with Gasteiger partial charge in [0.1, 0.15) is 18.0 Å². The molecule has 1 aliphatic carbocycles. The molecule has 4 atom stereocenters. The molecule has 2 heterocycles. The Bertz CT molecular complexity index is 1410. The summed E-state index contributed by atoms with van der Waals surface area (Å²) in [6.45, 7) is 2.63. The number of methoxy groups -OCH3 is 1. The number of allylic oxidation sites excluding steroid dienone is 2. The molecule has 2 fully saturated rings. The maximum atomic E-state index is 13.8. The minimum Gasteiger partial charge on any atom is -0.497 e. The quantitative estimate of drug-likeness (QED) is 0.421. The van der Waals surface area contributed by atoms with Crippen molar-refractivity contribution in [1.82, 2.24) is 25.1 Å². The number of hydrazine groups is 1. The van der Waals surface area contributed by atoms with Gasteiger partial charge in [-0.05, 0) is 35.6 Å². The summed E-state index contributed by atoms with van der Waals surface area (Å²) >= 11 is 0. The van der Waals surface area contributed by atoms with E-state index >= 15 is 0 Å². The molecule has 0 bridgehead atoms. The van der Waals surface area contributed by atoms with Crippen molar-refractivity contribution in [3.8, 4) is 0 Å². The summed E-state index contributed by atoms with van der Waals surface area (Å²) in [7, 11) is 3.27. The van der Waals surface area contributed by atoms with Crippen molar-refractivity contribution in [2.45, 2.75) is 37.9 Å². The summed E-state index contributed by atoms with van der Waals surface area (Å²) in [5, 5.41) is 15.8. The number of ether oxygens (including phenoxy) is 1. The molecule has 2 unspecified atom stereocenters. The molecule has 2 N–H and O–H groups in total. The van der Waals surface area contributed by atoms with Gasteiger partial charge in [-0.2, -0.15) is 0 Å². The summed E-state index contributed by atoms with van der Waals surface area (Å²) in [5.41, 5.74) is 2.20. The SMILES string of the molecule is COC1=CC(C)C(CNC(=O)N2[C@H]3CN(CCC(c4ccccc4)c4ccccc4)C(=O)[C@H](CC(=O)O)N3C(=O)CN2C)C=C1. The molecule has 2 aromatic carbocycles. The van der Waals surface area contributed by atoms with Crippen LogP contribution in [-0.2, 0) is 19.1 Å². The van der Waals surface area contributed by atoms with E-state index in [1.807, 2.05) is 61.5 Å². The van der Waals surface area contributed by atoms with Crippen LogP contribution in [0.2, 0.25) is 0 Å². The number of carbonyl (C=O) groups is 4. The molecule has 0 aromatic heterocycles. The molecule has 238 valence electrons. The third-order valence-corrected chi connectivity index (χ3v) is 8.94. The van der Waals surface area contributed by atoms with Gasteiger partial charge in [-0.25, -0.2) is 14.8 Å². The van der Waals surface area contributed by atoms with E-state index in [4.69, 9.17) is 4.74 Å². The first-order valence-electron chi connectivity index (χ1n) is 15.3. The highest BCUT2D eigenvalue weighted by atomic mass is 16.5. The molecule has 2 aliphatic heterocycles. The zero-order chi connectivity index (χ0) is 32.1. The van der Waals surface area contributed by atoms with Crippen LogP contribution in [0.4, 0.5) is 4.79 Å². The number of hydrogen-bond donors (Lipinski definition) is 2. The molecule has 0 spiro atoms. The number of aliphatic carboxylic acids is 1. The first kappa shape index (κ1) is 31.8. The van der Waals surface area contributed by atoms with Gasteiger partial charge in [0.2, 0.25) is 11.8 Å². The lowest BCUT2D eigenvalue weighted by atomic mass is 9.88. The molecule has 5 rings (SSSR count). The van der Waals surface area contributed by atoms with Gasteiger partial charge in [0.05, 0.1) is 26.6 Å². The fourth-order valence-electron chi connectivity index (χ4n) is 6.56. The summed E-state index contributed by atoms with van der Waals surface area (Å²) in [6.07, 6.45) is 5.05. The third kappa shape index (κ3) is 7.04. The van der Waals surface area contributed by atoms with Crippen LogP contribution in [0.3, 0.4) is 0 Å². The lowest BCUT2D eigenvalue weighted by Gasteiger charge is -2.54. The first-order valence-corrected chi connectivity index (χ1v) is 15.3. The van der Waals surface area contributed by atoms with Crippen LogP contribution >= 0.6 is 0 Å². The smallest absolute Gasteiger partial charge is 0.333 e. The predicted molar refractivity (Wildman–Crippen MR) is 167 cm³/mol. The number of likely N-dealkylation sites (N-methyl/N-ethyl adjacent to an activating group) is 1. The van der Waals surface area contributed by atoms with Crippen LogP contribution in [0.15, 0.2) is 84.7 Å². The molecule has 0 radical (unpaired) electrons. The Labute approximate surface area is 263 Å². The summed E-state index contributed by atoms with van der Waals surface area (Å²) in [4.78, 5) is 55.8. The van der Waals surface area contributed by atoms with Crippen molar-refractivity contribution >= 4 is 23.8 Å². The zero-order valence-corrected chi connectivity index (χ0v) is 25.9. The monoisotopic (exact) mass is 615 g/mol. The Morgan fingerprint density at radius 3 is 2.27 bits per heavy atom. The summed E-state index contributed by atoms with van der Waals surface area (Å²) in [6, 6.07) is 18.4. The minimum absolute atomic E-state index is 0.00979. The Kier molecular flexibility index (Phi) is 9.87. The van der Waals surface area contributed by atoms with Gasteiger partial charge in [-0.3, -0.25) is 14.4 Å². The maximum absolute atomic E-state index is 13.8. The second-order valence-electron chi connectivity index (χ2n) is 11.8. The lowest BCUT2D eigenvalue weighted by Crippen LogP contribution is -2.76. The number of carboxylic acid groups (broad SMARTS) is 1. The Hall–Kier alpha value is -4.64. The van der Waals surface area contributed by atoms with Crippen molar-refractivity contribution in [2.75, 3.05) is 40.3 Å². The average molecular weight is 616 g/mol. The number of nitrogens with zero attached hydrogens (tertiary/aromatic N) is 4. The Balaban J connectivity index is 1.38. The van der Waals surface area contributed by atoms with E-state index in [2.05, 4.69) is 29.6 Å². The largest absolute Gasteiger partial charge is 0.497 e. The molecule has 3 aliphatic rings. The molecular weight excluding hydrogens is 574 g/mol. The molecule has 0 saturated carbocycles. The van der Waals surface area contributed by atoms with E-state index in [0.717, 1.165) is 16.9 Å². The van der Waals surface area contributed by atoms with Crippen LogP contribution < -0.4 is 5.32 Å². The van der Waals surface area contributed by atoms with Gasteiger partial charge in [0, 0.05) is 32.0 Å². The van der Waals surface area contributed by atoms with Gasteiger partial charge >= 0.3 is 12.0 Å². The van der Waals surface area contributed by atoms with Crippen molar-refractivity contribution in [3.63, 3.8) is 0 Å². The van der Waals surface area contributed by atoms with Crippen LogP contribution in [0.25, 0.3) is 0 Å². The van der Waals surface area contributed by atoms with Gasteiger partial charge in [0.25, 0.3) is 0 Å². The normalized spacial score (nSPS) is 23.6. The molecule has 4 amide bonds. The topological polar surface area (TPSA) is 123 Å². The number of nitrogens with one attached hydrogen (secondary N) is 1. The fraction of sp³-hybridized carbons (Fsp3) is 0.412. The fourth-order valence-corrected chi connectivity index (χ4v) is 6.56. The van der Waals surface area contributed by atoms with E-state index < -0.39 is 42.4 Å². The van der Waals surface area contributed by atoms with Gasteiger partial charge in [-0.15, -0.1) is 0 Å². The van der Waals surface area contributed by atoms with Crippen molar-refractivity contribution in [1.29, 1.82) is 0 Å². The van der Waals surface area contributed by atoms with Crippen molar-refractivity contribution in [2.24, 2.45) is 11.8 Å². The Morgan fingerprint density at radius 1 is 1.04 bits per heavy atom. The van der Waals surface area contributed by atoms with E-state index in [1.54, 1.807) is 24.1 Å². The second kappa shape index (κ2) is 14.0. The number of carboxylic acids is 1. The maximum Gasteiger partial charge on any atom is 0.333 e. The molecule has 2 saturated heterocycles. The van der Waals surface area contributed by atoms with E-state index in [0.29, 0.717) is 19.5 Å². The van der Waals surface area contributed by atoms with E-state index in [9.17, 15) is 24.3 Å². The summed E-state index contributed by atoms with van der Waals surface area (Å²) < 4.78 is 5.32. The van der Waals surface area contributed by atoms with E-state index in [1.165, 1.54) is 9.91 Å². The van der Waals surface area contributed by atoms with Crippen LogP contribution in [-0.4, -0.2) is 101 Å². The summed E-state index contributed by atoms with van der Waals surface area (Å²) in [5.74, 6) is -1.07. The Morgan fingerprint density at radius 2 is 1.69 bits per heavy atom. The molecule has 11 nitrogen and oxygen atoms in total. The zero-order valence-electron chi connectivity index (χ0n) is 25.9. The highest BCUT2D eigenvalue weighted by Gasteiger charge is 2.51. The van der Waals surface area contributed by atoms with Crippen molar-refractivity contribution in [3.05, 3.63) is 95.8 Å². The van der Waals surface area contributed by atoms with Gasteiger partial charge in [0.15, 0.2) is 0 Å². The van der Waals surface area contributed by atoms with Crippen LogP contribution in [0, 0.1) is 11.8 Å². The van der Waals surface area contributed by atoms with Crippen LogP contribution in [0.1, 0.15) is 36.8 Å². The molecule has 2 aromatic rings. The highest BCUT2D eigenvalue weighted by molar-refractivity contribution is 5.93. The molecular formula is C34H41N5O6. The lowest BCUT2D eigenvalue weighted by molar-refractivity contribution is -0.188. The number of carbonyl (C=O) groups excluding carboxylic acids is 3. The average Bonchev–Trinajstić information content (AvgIpc) is 3.03. The van der Waals surface area contributed by atoms with E-state index in [-0.39, 0.29) is 30.8 Å². The highest BCUT2D eigenvalue weighted by Crippen LogP contribution is 2.31. The number of hydrogen-bond acceptors (Lipinski definition) is 6. The third-order valence-electron chi connectivity index (χ3n) is 8.94. The number of piperazine rings is 1. The number of urea groups is 1. The molecule has 45 heavy (non-hydrogen) atoms. The van der Waals surface area contributed by atoms with Crippen molar-refractivity contribution < 1.29 is 29.0 Å². The number of rotatable bonds is 10. The predicted octanol–water partition coefficient (Wildman–Crippen LogP) is 3.27. The second-order valence-corrected chi connectivity index (χ2v) is 11.8. The van der Waals surface area contributed by atoms with Gasteiger partial charge < -0.3 is 25.0 Å². The van der Waals surface area contributed by atoms with Gasteiger partial charge in [-0.1, -0.05) is 73.7 Å². The van der Waals surface area contributed by atoms with Crippen LogP contribution in [0.5, 0.6) is 0 Å². The minimum atomic E-state index is -1.22. The first-order chi connectivity index (χ1) is 21.7. The standard InChI is InChI=1S/C34H41N5O6/c1-23-18-27(45-3)15-14-26(23)20-35-34(44)39-30-21-37(33(43)29(19-32(41)42)38(30)31(40)22-36(39)2)17-16-28(24-10-6-4-7-11-24)25-12-8-5-9-13-25/h4-15,18,23,26,28-30H,16-17,19-22H2,1-3H3,(H,35,44)(H,41,42)/t23?,26?,29-,30-/m0/s1.